The van der Waals surface area contributed by atoms with Gasteiger partial charge in [0.25, 0.3) is 0 Å². The van der Waals surface area contributed by atoms with Gasteiger partial charge in [-0.2, -0.15) is 11.8 Å². The fourth-order valence-electron chi connectivity index (χ4n) is 3.73. The molecule has 2 aromatic rings. The fraction of sp³-hybridized carbons (Fsp3) is 0.350. The predicted octanol–water partition coefficient (Wildman–Crippen LogP) is 5.56. The molecule has 0 aliphatic carbocycles. The molecular formula is C20H20ClFN2S. The van der Waals surface area contributed by atoms with Gasteiger partial charge in [-0.1, -0.05) is 29.8 Å². The SMILES string of the molecule is Fc1cccc2c1CC1(CCSCC1)C(=NCc1cccc(Cl)c1)N2. The van der Waals surface area contributed by atoms with Crippen LogP contribution in [0.5, 0.6) is 0 Å². The quantitative estimate of drug-likeness (QED) is 0.744. The summed E-state index contributed by atoms with van der Waals surface area (Å²) in [6, 6.07) is 13.1. The molecule has 0 unspecified atom stereocenters. The standard InChI is InChI=1S/C20H20ClFN2S/c21-15-4-1-3-14(11-15)13-23-19-20(7-9-25-10-8-20)12-16-17(22)5-2-6-18(16)24-19/h1-6,11H,7-10,12-13H2,(H,23,24). The van der Waals surface area contributed by atoms with E-state index in [1.807, 2.05) is 42.1 Å². The van der Waals surface area contributed by atoms with Crippen LogP contribution in [0.1, 0.15) is 24.0 Å². The third kappa shape index (κ3) is 3.42. The van der Waals surface area contributed by atoms with Crippen molar-refractivity contribution in [3.63, 3.8) is 0 Å². The summed E-state index contributed by atoms with van der Waals surface area (Å²) >= 11 is 8.06. The lowest BCUT2D eigenvalue weighted by atomic mass is 9.72. The molecule has 0 saturated carbocycles. The molecule has 1 fully saturated rings. The Morgan fingerprint density at radius 3 is 2.76 bits per heavy atom. The van der Waals surface area contributed by atoms with Crippen molar-refractivity contribution < 1.29 is 4.39 Å². The van der Waals surface area contributed by atoms with Crippen molar-refractivity contribution in [1.29, 1.82) is 0 Å². The molecule has 2 aromatic carbocycles. The van der Waals surface area contributed by atoms with E-state index in [9.17, 15) is 4.39 Å². The van der Waals surface area contributed by atoms with Gasteiger partial charge in [-0.3, -0.25) is 4.99 Å². The molecule has 0 amide bonds. The van der Waals surface area contributed by atoms with E-state index in [-0.39, 0.29) is 11.2 Å². The number of nitrogens with one attached hydrogen (secondary N) is 1. The van der Waals surface area contributed by atoms with Crippen molar-refractivity contribution >= 4 is 34.9 Å². The number of benzene rings is 2. The van der Waals surface area contributed by atoms with Crippen LogP contribution in [0.3, 0.4) is 0 Å². The van der Waals surface area contributed by atoms with Crippen LogP contribution < -0.4 is 5.32 Å². The molecule has 4 rings (SSSR count). The van der Waals surface area contributed by atoms with Gasteiger partial charge >= 0.3 is 0 Å². The molecule has 0 bridgehead atoms. The summed E-state index contributed by atoms with van der Waals surface area (Å²) in [7, 11) is 0. The summed E-state index contributed by atoms with van der Waals surface area (Å²) < 4.78 is 14.3. The Labute approximate surface area is 156 Å². The third-order valence-corrected chi connectivity index (χ3v) is 6.37. The molecule has 2 heterocycles. The van der Waals surface area contributed by atoms with Gasteiger partial charge in [-0.15, -0.1) is 0 Å². The average molecular weight is 375 g/mol. The molecule has 0 atom stereocenters. The fourth-order valence-corrected chi connectivity index (χ4v) is 5.21. The zero-order valence-electron chi connectivity index (χ0n) is 13.9. The van der Waals surface area contributed by atoms with Gasteiger partial charge in [0.2, 0.25) is 0 Å². The van der Waals surface area contributed by atoms with Crippen LogP contribution in [-0.4, -0.2) is 17.3 Å². The number of rotatable bonds is 2. The van der Waals surface area contributed by atoms with E-state index in [1.165, 1.54) is 0 Å². The number of hydrogen-bond acceptors (Lipinski definition) is 2. The van der Waals surface area contributed by atoms with Gasteiger partial charge in [0.1, 0.15) is 11.7 Å². The summed E-state index contributed by atoms with van der Waals surface area (Å²) in [5.74, 6) is 3.09. The summed E-state index contributed by atoms with van der Waals surface area (Å²) in [6.07, 6.45) is 2.80. The summed E-state index contributed by atoms with van der Waals surface area (Å²) in [5.41, 5.74) is 2.68. The smallest absolute Gasteiger partial charge is 0.128 e. The van der Waals surface area contributed by atoms with Crippen molar-refractivity contribution in [3.05, 3.63) is 64.4 Å². The minimum Gasteiger partial charge on any atom is -0.343 e. The number of nitrogens with zero attached hydrogens (tertiary/aromatic N) is 1. The van der Waals surface area contributed by atoms with Gasteiger partial charge in [0.15, 0.2) is 0 Å². The van der Waals surface area contributed by atoms with E-state index in [1.54, 1.807) is 12.1 Å². The molecular weight excluding hydrogens is 355 g/mol. The maximum absolute atomic E-state index is 14.3. The topological polar surface area (TPSA) is 24.4 Å². The molecule has 1 N–H and O–H groups in total. The van der Waals surface area contributed by atoms with Crippen LogP contribution in [0.2, 0.25) is 5.02 Å². The number of aliphatic imine (C=N–C) groups is 1. The number of amidine groups is 1. The first-order chi connectivity index (χ1) is 12.2. The van der Waals surface area contributed by atoms with Crippen molar-refractivity contribution in [2.75, 3.05) is 16.8 Å². The second-order valence-corrected chi connectivity index (χ2v) is 8.42. The number of halogens is 2. The molecule has 2 nitrogen and oxygen atoms in total. The van der Waals surface area contributed by atoms with Crippen LogP contribution in [0.25, 0.3) is 0 Å². The highest BCUT2D eigenvalue weighted by Gasteiger charge is 2.42. The first kappa shape index (κ1) is 16.9. The van der Waals surface area contributed by atoms with E-state index in [0.29, 0.717) is 6.54 Å². The molecule has 5 heteroatoms. The van der Waals surface area contributed by atoms with E-state index < -0.39 is 0 Å². The molecule has 0 aromatic heterocycles. The van der Waals surface area contributed by atoms with Gasteiger partial charge in [0.05, 0.1) is 6.54 Å². The lowest BCUT2D eigenvalue weighted by Gasteiger charge is -2.42. The molecule has 0 radical (unpaired) electrons. The Bertz CT molecular complexity index is 815. The van der Waals surface area contributed by atoms with Gasteiger partial charge in [0, 0.05) is 21.7 Å². The number of anilines is 1. The molecule has 25 heavy (non-hydrogen) atoms. The monoisotopic (exact) mass is 374 g/mol. The maximum Gasteiger partial charge on any atom is 0.128 e. The minimum atomic E-state index is -0.114. The zero-order chi connectivity index (χ0) is 17.3. The Balaban J connectivity index is 1.69. The van der Waals surface area contributed by atoms with Crippen LogP contribution in [0, 0.1) is 11.2 Å². The molecule has 130 valence electrons. The van der Waals surface area contributed by atoms with E-state index in [2.05, 4.69) is 5.32 Å². The molecule has 2 aliphatic rings. The lowest BCUT2D eigenvalue weighted by molar-refractivity contribution is 0.370. The lowest BCUT2D eigenvalue weighted by Crippen LogP contribution is -2.45. The van der Waals surface area contributed by atoms with Gasteiger partial charge in [-0.25, -0.2) is 4.39 Å². The van der Waals surface area contributed by atoms with Crippen LogP contribution in [0.4, 0.5) is 10.1 Å². The van der Waals surface area contributed by atoms with E-state index in [0.717, 1.165) is 58.4 Å². The first-order valence-electron chi connectivity index (χ1n) is 8.58. The largest absolute Gasteiger partial charge is 0.343 e. The number of thioether (sulfide) groups is 1. The number of hydrogen-bond donors (Lipinski definition) is 1. The average Bonchev–Trinajstić information content (AvgIpc) is 2.62. The minimum absolute atomic E-state index is 0.0704. The number of fused-ring (bicyclic) bond motifs is 1. The van der Waals surface area contributed by atoms with Crippen molar-refractivity contribution in [3.8, 4) is 0 Å². The van der Waals surface area contributed by atoms with Gasteiger partial charge < -0.3 is 5.32 Å². The van der Waals surface area contributed by atoms with Gasteiger partial charge in [-0.05, 0) is 60.6 Å². The Kier molecular flexibility index (Phi) is 4.74. The molecule has 2 aliphatic heterocycles. The van der Waals surface area contributed by atoms with E-state index >= 15 is 0 Å². The maximum atomic E-state index is 14.3. The Hall–Kier alpha value is -1.52. The van der Waals surface area contributed by atoms with Crippen molar-refractivity contribution in [2.45, 2.75) is 25.8 Å². The van der Waals surface area contributed by atoms with E-state index in [4.69, 9.17) is 16.6 Å². The first-order valence-corrected chi connectivity index (χ1v) is 10.1. The highest BCUT2D eigenvalue weighted by molar-refractivity contribution is 7.99. The van der Waals surface area contributed by atoms with Crippen LogP contribution in [0.15, 0.2) is 47.5 Å². The Morgan fingerprint density at radius 1 is 1.16 bits per heavy atom. The predicted molar refractivity (Wildman–Crippen MR) is 105 cm³/mol. The highest BCUT2D eigenvalue weighted by atomic mass is 35.5. The third-order valence-electron chi connectivity index (χ3n) is 5.15. The Morgan fingerprint density at radius 2 is 1.96 bits per heavy atom. The van der Waals surface area contributed by atoms with Crippen LogP contribution >= 0.6 is 23.4 Å². The van der Waals surface area contributed by atoms with Crippen molar-refractivity contribution in [2.24, 2.45) is 10.4 Å². The summed E-state index contributed by atoms with van der Waals surface area (Å²) in [4.78, 5) is 4.92. The normalized spacial score (nSPS) is 20.3. The van der Waals surface area contributed by atoms with Crippen molar-refractivity contribution in [1.82, 2.24) is 0 Å². The molecule has 1 spiro atoms. The second kappa shape index (κ2) is 7.00. The zero-order valence-corrected chi connectivity index (χ0v) is 15.5. The summed E-state index contributed by atoms with van der Waals surface area (Å²) in [6.45, 7) is 0.586. The highest BCUT2D eigenvalue weighted by Crippen LogP contribution is 2.44. The second-order valence-electron chi connectivity index (χ2n) is 6.76. The molecule has 1 saturated heterocycles. The van der Waals surface area contributed by atoms with Crippen LogP contribution in [-0.2, 0) is 13.0 Å². The summed E-state index contributed by atoms with van der Waals surface area (Å²) in [5, 5.41) is 4.18.